The molecule has 1 aliphatic rings. The fraction of sp³-hybridized carbons (Fsp3) is 0.600. The highest BCUT2D eigenvalue weighted by atomic mass is 16.5. The zero-order valence-corrected chi connectivity index (χ0v) is 8.36. The quantitative estimate of drug-likeness (QED) is 0.772. The van der Waals surface area contributed by atoms with Crippen molar-refractivity contribution < 1.29 is 4.74 Å². The van der Waals surface area contributed by atoms with Gasteiger partial charge in [0, 0.05) is 19.0 Å². The van der Waals surface area contributed by atoms with E-state index in [4.69, 9.17) is 4.74 Å². The molecule has 1 atom stereocenters. The highest BCUT2D eigenvalue weighted by Crippen LogP contribution is 2.21. The lowest BCUT2D eigenvalue weighted by Gasteiger charge is -2.34. The molecule has 76 valence electrons. The highest BCUT2D eigenvalue weighted by Gasteiger charge is 2.27. The van der Waals surface area contributed by atoms with Crippen LogP contribution in [0.1, 0.15) is 19.8 Å². The summed E-state index contributed by atoms with van der Waals surface area (Å²) in [5.74, 6) is 0.681. The molecule has 0 spiro atoms. The summed E-state index contributed by atoms with van der Waals surface area (Å²) in [7, 11) is 0. The Bertz CT molecular complexity index is 283. The van der Waals surface area contributed by atoms with Gasteiger partial charge in [-0.3, -0.25) is 0 Å². The zero-order valence-electron chi connectivity index (χ0n) is 8.36. The lowest BCUT2D eigenvalue weighted by molar-refractivity contribution is 0.0537. The van der Waals surface area contributed by atoms with Crippen LogP contribution in [0.2, 0.25) is 0 Å². The third-order valence-corrected chi connectivity index (χ3v) is 2.42. The van der Waals surface area contributed by atoms with Crippen molar-refractivity contribution in [1.82, 2.24) is 9.97 Å². The number of ether oxygens (including phenoxy) is 1. The van der Waals surface area contributed by atoms with Crippen LogP contribution in [-0.2, 0) is 4.74 Å². The van der Waals surface area contributed by atoms with Crippen molar-refractivity contribution in [3.63, 3.8) is 0 Å². The van der Waals surface area contributed by atoms with Gasteiger partial charge in [-0.1, -0.05) is 0 Å². The van der Waals surface area contributed by atoms with Gasteiger partial charge in [0.05, 0.1) is 12.1 Å². The van der Waals surface area contributed by atoms with Crippen molar-refractivity contribution >= 4 is 5.95 Å². The summed E-state index contributed by atoms with van der Waals surface area (Å²) in [4.78, 5) is 8.28. The van der Waals surface area contributed by atoms with Gasteiger partial charge >= 0.3 is 0 Å². The van der Waals surface area contributed by atoms with E-state index in [1.54, 1.807) is 12.4 Å². The van der Waals surface area contributed by atoms with E-state index in [-0.39, 0.29) is 5.54 Å². The van der Waals surface area contributed by atoms with Gasteiger partial charge in [-0.15, -0.1) is 0 Å². The second kappa shape index (κ2) is 3.92. The minimum Gasteiger partial charge on any atom is -0.379 e. The van der Waals surface area contributed by atoms with E-state index < -0.39 is 0 Å². The number of hydrogen-bond donors (Lipinski definition) is 1. The molecule has 1 aromatic heterocycles. The van der Waals surface area contributed by atoms with Crippen LogP contribution in [0, 0.1) is 0 Å². The molecule has 14 heavy (non-hydrogen) atoms. The minimum atomic E-state index is -0.0143. The minimum absolute atomic E-state index is 0.0143. The van der Waals surface area contributed by atoms with Crippen LogP contribution in [0.25, 0.3) is 0 Å². The molecule has 1 N–H and O–H groups in total. The molecule has 1 unspecified atom stereocenters. The number of nitrogens with one attached hydrogen (secondary N) is 1. The first kappa shape index (κ1) is 9.40. The smallest absolute Gasteiger partial charge is 0.223 e. The Morgan fingerprint density at radius 3 is 2.86 bits per heavy atom. The Morgan fingerprint density at radius 1 is 1.43 bits per heavy atom. The Balaban J connectivity index is 2.02. The highest BCUT2D eigenvalue weighted by molar-refractivity contribution is 5.27. The molecule has 0 amide bonds. The number of hydrogen-bond acceptors (Lipinski definition) is 4. The molecule has 2 heterocycles. The summed E-state index contributed by atoms with van der Waals surface area (Å²) in [6, 6.07) is 1.81. The van der Waals surface area contributed by atoms with Crippen molar-refractivity contribution in [1.29, 1.82) is 0 Å². The summed E-state index contributed by atoms with van der Waals surface area (Å²) in [6.45, 7) is 3.74. The lowest BCUT2D eigenvalue weighted by Crippen LogP contribution is -2.43. The summed E-state index contributed by atoms with van der Waals surface area (Å²) in [5.41, 5.74) is -0.0143. The Hall–Kier alpha value is -1.16. The molecule has 1 saturated heterocycles. The van der Waals surface area contributed by atoms with Gasteiger partial charge in [0.2, 0.25) is 5.95 Å². The Kier molecular flexibility index (Phi) is 2.63. The van der Waals surface area contributed by atoms with E-state index in [9.17, 15) is 0 Å². The van der Waals surface area contributed by atoms with E-state index in [0.29, 0.717) is 5.95 Å². The van der Waals surface area contributed by atoms with Crippen LogP contribution in [0.4, 0.5) is 5.95 Å². The first-order valence-corrected chi connectivity index (χ1v) is 4.91. The Morgan fingerprint density at radius 2 is 2.21 bits per heavy atom. The standard InChI is InChI=1S/C10H15N3O/c1-10(4-2-7-14-8-10)13-9-11-5-3-6-12-9/h3,5-6H,2,4,7-8H2,1H3,(H,11,12,13). The SMILES string of the molecule is CC1(Nc2ncccn2)CCCOC1. The van der Waals surface area contributed by atoms with Crippen molar-refractivity contribution in [3.05, 3.63) is 18.5 Å². The van der Waals surface area contributed by atoms with Crippen LogP contribution in [-0.4, -0.2) is 28.7 Å². The summed E-state index contributed by atoms with van der Waals surface area (Å²) < 4.78 is 5.44. The van der Waals surface area contributed by atoms with Gasteiger partial charge in [0.15, 0.2) is 0 Å². The van der Waals surface area contributed by atoms with E-state index >= 15 is 0 Å². The fourth-order valence-electron chi connectivity index (χ4n) is 1.67. The van der Waals surface area contributed by atoms with Gasteiger partial charge < -0.3 is 10.1 Å². The molecule has 0 aliphatic carbocycles. The number of anilines is 1. The maximum Gasteiger partial charge on any atom is 0.223 e. The van der Waals surface area contributed by atoms with E-state index in [2.05, 4.69) is 22.2 Å². The maximum absolute atomic E-state index is 5.44. The molecule has 2 rings (SSSR count). The van der Waals surface area contributed by atoms with Crippen molar-refractivity contribution in [2.75, 3.05) is 18.5 Å². The van der Waals surface area contributed by atoms with Gasteiger partial charge in [0.1, 0.15) is 0 Å². The molecule has 0 aromatic carbocycles. The average molecular weight is 193 g/mol. The Labute approximate surface area is 83.7 Å². The lowest BCUT2D eigenvalue weighted by atomic mass is 9.95. The largest absolute Gasteiger partial charge is 0.379 e. The molecule has 1 fully saturated rings. The second-order valence-corrected chi connectivity index (χ2v) is 3.91. The monoisotopic (exact) mass is 193 g/mol. The second-order valence-electron chi connectivity index (χ2n) is 3.91. The number of aromatic nitrogens is 2. The molecular weight excluding hydrogens is 178 g/mol. The van der Waals surface area contributed by atoms with Crippen LogP contribution < -0.4 is 5.32 Å². The maximum atomic E-state index is 5.44. The molecule has 4 nitrogen and oxygen atoms in total. The molecule has 0 saturated carbocycles. The third kappa shape index (κ3) is 2.20. The first-order valence-electron chi connectivity index (χ1n) is 4.91. The van der Waals surface area contributed by atoms with Crippen LogP contribution >= 0.6 is 0 Å². The van der Waals surface area contributed by atoms with Gasteiger partial charge in [-0.2, -0.15) is 0 Å². The van der Waals surface area contributed by atoms with Crippen molar-refractivity contribution in [3.8, 4) is 0 Å². The zero-order chi connectivity index (χ0) is 9.86. The van der Waals surface area contributed by atoms with Crippen LogP contribution in [0.15, 0.2) is 18.5 Å². The van der Waals surface area contributed by atoms with Crippen LogP contribution in [0.5, 0.6) is 0 Å². The van der Waals surface area contributed by atoms with Gasteiger partial charge in [-0.05, 0) is 25.8 Å². The number of nitrogens with zero attached hydrogens (tertiary/aromatic N) is 2. The molecular formula is C10H15N3O. The topological polar surface area (TPSA) is 47.0 Å². The van der Waals surface area contributed by atoms with Crippen molar-refractivity contribution in [2.45, 2.75) is 25.3 Å². The summed E-state index contributed by atoms with van der Waals surface area (Å²) in [5, 5.41) is 3.31. The molecule has 1 aromatic rings. The molecule has 1 aliphatic heterocycles. The van der Waals surface area contributed by atoms with Crippen LogP contribution in [0.3, 0.4) is 0 Å². The molecule has 4 heteroatoms. The fourth-order valence-corrected chi connectivity index (χ4v) is 1.67. The predicted molar refractivity (Wildman–Crippen MR) is 54.1 cm³/mol. The molecule has 0 radical (unpaired) electrons. The average Bonchev–Trinajstić information content (AvgIpc) is 2.19. The van der Waals surface area contributed by atoms with E-state index in [0.717, 1.165) is 26.1 Å². The summed E-state index contributed by atoms with van der Waals surface area (Å²) >= 11 is 0. The normalized spacial score (nSPS) is 27.2. The van der Waals surface area contributed by atoms with E-state index in [1.807, 2.05) is 6.07 Å². The van der Waals surface area contributed by atoms with E-state index in [1.165, 1.54) is 0 Å². The summed E-state index contributed by atoms with van der Waals surface area (Å²) in [6.07, 6.45) is 5.67. The van der Waals surface area contributed by atoms with Gasteiger partial charge in [0.25, 0.3) is 0 Å². The predicted octanol–water partition coefficient (Wildman–Crippen LogP) is 1.46. The first-order chi connectivity index (χ1) is 6.79. The van der Waals surface area contributed by atoms with Gasteiger partial charge in [-0.25, -0.2) is 9.97 Å². The van der Waals surface area contributed by atoms with Crippen molar-refractivity contribution in [2.24, 2.45) is 0 Å². The third-order valence-electron chi connectivity index (χ3n) is 2.42. The number of rotatable bonds is 2. The molecule has 0 bridgehead atoms.